The molecule has 1 spiro atoms. The van der Waals surface area contributed by atoms with Crippen LogP contribution < -0.4 is 10.6 Å². The first kappa shape index (κ1) is 28.6. The van der Waals surface area contributed by atoms with Gasteiger partial charge in [0.15, 0.2) is 0 Å². The van der Waals surface area contributed by atoms with E-state index in [1.807, 2.05) is 58.0 Å². The molecule has 38 heavy (non-hydrogen) atoms. The summed E-state index contributed by atoms with van der Waals surface area (Å²) >= 11 is 0. The van der Waals surface area contributed by atoms with Crippen LogP contribution in [0, 0.1) is 17.3 Å². The Bertz CT molecular complexity index is 1070. The molecule has 0 saturated carbocycles. The molecule has 3 N–H and O–H groups in total. The van der Waals surface area contributed by atoms with Gasteiger partial charge in [0.1, 0.15) is 11.6 Å². The van der Waals surface area contributed by atoms with Crippen LogP contribution >= 0.6 is 0 Å². The van der Waals surface area contributed by atoms with Crippen LogP contribution in [0.3, 0.4) is 0 Å². The molecule has 3 aliphatic rings. The lowest BCUT2D eigenvalue weighted by Crippen LogP contribution is -2.60. The van der Waals surface area contributed by atoms with Crippen LogP contribution in [0.5, 0.6) is 0 Å². The van der Waals surface area contributed by atoms with Gasteiger partial charge in [-0.25, -0.2) is 0 Å². The van der Waals surface area contributed by atoms with Crippen molar-refractivity contribution in [2.45, 2.75) is 103 Å². The number of amides is 3. The van der Waals surface area contributed by atoms with E-state index in [1.54, 1.807) is 0 Å². The van der Waals surface area contributed by atoms with Gasteiger partial charge in [-0.15, -0.1) is 0 Å². The maximum Gasteiger partial charge on any atom is 0.246 e. The minimum Gasteiger partial charge on any atom is -0.394 e. The number of nitrogens with zero attached hydrogens (tertiary/aromatic N) is 1. The number of aliphatic hydroxyl groups excluding tert-OH is 1. The minimum atomic E-state index is -1.13. The first-order chi connectivity index (χ1) is 17.7. The van der Waals surface area contributed by atoms with Gasteiger partial charge in [-0.1, -0.05) is 58.0 Å². The first-order valence-electron chi connectivity index (χ1n) is 14.0. The van der Waals surface area contributed by atoms with Gasteiger partial charge in [0, 0.05) is 12.1 Å². The van der Waals surface area contributed by atoms with Crippen molar-refractivity contribution >= 4 is 17.7 Å². The quantitative estimate of drug-likeness (QED) is 0.457. The molecular weight excluding hydrogens is 482 g/mol. The normalized spacial score (nSPS) is 31.3. The van der Waals surface area contributed by atoms with Crippen LogP contribution in [0.1, 0.15) is 85.8 Å². The third-order valence-electron chi connectivity index (χ3n) is 8.42. The molecule has 3 amide bonds. The lowest BCUT2D eigenvalue weighted by atomic mass is 9.66. The number of hydrogen-bond acceptors (Lipinski definition) is 5. The third kappa shape index (κ3) is 4.86. The highest BCUT2D eigenvalue weighted by atomic mass is 16.5. The van der Waals surface area contributed by atoms with Gasteiger partial charge in [-0.3, -0.25) is 14.4 Å². The van der Waals surface area contributed by atoms with Gasteiger partial charge < -0.3 is 25.4 Å². The van der Waals surface area contributed by atoms with Crippen molar-refractivity contribution in [2.75, 3.05) is 13.2 Å². The molecule has 6 atom stereocenters. The van der Waals surface area contributed by atoms with Gasteiger partial charge in [-0.2, -0.15) is 0 Å². The number of carbonyl (C=O) groups excluding carboxylic acids is 3. The smallest absolute Gasteiger partial charge is 0.246 e. The Balaban J connectivity index is 1.79. The highest BCUT2D eigenvalue weighted by molar-refractivity contribution is 5.99. The maximum atomic E-state index is 14.4. The summed E-state index contributed by atoms with van der Waals surface area (Å²) in [6, 6.07) is 7.57. The Kier molecular flexibility index (Phi) is 7.47. The second-order valence-corrected chi connectivity index (χ2v) is 13.5. The van der Waals surface area contributed by atoms with Gasteiger partial charge in [0.2, 0.25) is 17.7 Å². The van der Waals surface area contributed by atoms with Crippen molar-refractivity contribution in [2.24, 2.45) is 17.3 Å². The summed E-state index contributed by atoms with van der Waals surface area (Å²) in [4.78, 5) is 43.6. The average Bonchev–Trinajstić information content (AvgIpc) is 3.38. The van der Waals surface area contributed by atoms with Crippen LogP contribution in [0.25, 0.3) is 0 Å². The van der Waals surface area contributed by atoms with E-state index in [-0.39, 0.29) is 29.7 Å². The van der Waals surface area contributed by atoms with Gasteiger partial charge in [-0.05, 0) is 57.4 Å². The zero-order chi connectivity index (χ0) is 28.1. The van der Waals surface area contributed by atoms with Gasteiger partial charge >= 0.3 is 0 Å². The summed E-state index contributed by atoms with van der Waals surface area (Å²) in [5.41, 5.74) is -1.80. The van der Waals surface area contributed by atoms with E-state index in [0.29, 0.717) is 19.4 Å². The van der Waals surface area contributed by atoms with E-state index in [2.05, 4.69) is 31.4 Å². The molecule has 210 valence electrons. The zero-order valence-electron chi connectivity index (χ0n) is 24.0. The molecule has 2 unspecified atom stereocenters. The molecular formula is C30H45N3O5. The molecule has 3 fully saturated rings. The fourth-order valence-corrected chi connectivity index (χ4v) is 7.56. The molecule has 0 aromatic heterocycles. The minimum absolute atomic E-state index is 0.0291. The Labute approximate surface area is 226 Å². The second-order valence-electron chi connectivity index (χ2n) is 13.5. The largest absolute Gasteiger partial charge is 0.394 e. The van der Waals surface area contributed by atoms with Crippen molar-refractivity contribution in [3.8, 4) is 0 Å². The van der Waals surface area contributed by atoms with E-state index in [4.69, 9.17) is 4.74 Å². The van der Waals surface area contributed by atoms with Gasteiger partial charge in [0.05, 0.1) is 30.1 Å². The molecule has 8 heteroatoms. The number of benzene rings is 1. The van der Waals surface area contributed by atoms with Crippen LogP contribution in [0.2, 0.25) is 0 Å². The van der Waals surface area contributed by atoms with Crippen molar-refractivity contribution < 1.29 is 24.2 Å². The number of hydrogen-bond donors (Lipinski definition) is 3. The van der Waals surface area contributed by atoms with E-state index in [0.717, 1.165) is 18.4 Å². The Morgan fingerprint density at radius 2 is 1.79 bits per heavy atom. The highest BCUT2D eigenvalue weighted by Gasteiger charge is 2.78. The molecule has 0 radical (unpaired) electrons. The van der Waals surface area contributed by atoms with Crippen LogP contribution in [-0.2, 0) is 19.1 Å². The number of ether oxygens (including phenoxy) is 1. The van der Waals surface area contributed by atoms with E-state index >= 15 is 0 Å². The third-order valence-corrected chi connectivity index (χ3v) is 8.42. The lowest BCUT2D eigenvalue weighted by Gasteiger charge is -2.40. The summed E-state index contributed by atoms with van der Waals surface area (Å²) in [5, 5.41) is 16.8. The number of likely N-dealkylation sites (tertiary alicyclic amines) is 1. The summed E-state index contributed by atoms with van der Waals surface area (Å²) in [5.74, 6) is -2.31. The Morgan fingerprint density at radius 1 is 1.13 bits per heavy atom. The molecule has 2 bridgehead atoms. The molecule has 4 rings (SSSR count). The number of nitrogens with one attached hydrogen (secondary N) is 2. The maximum absolute atomic E-state index is 14.4. The summed E-state index contributed by atoms with van der Waals surface area (Å²) in [6.07, 6.45) is 2.59. The second kappa shape index (κ2) is 9.94. The van der Waals surface area contributed by atoms with Gasteiger partial charge in [0.25, 0.3) is 0 Å². The fourth-order valence-electron chi connectivity index (χ4n) is 7.56. The monoisotopic (exact) mass is 527 g/mol. The summed E-state index contributed by atoms with van der Waals surface area (Å²) < 4.78 is 6.70. The van der Waals surface area contributed by atoms with E-state index < -0.39 is 40.7 Å². The number of aliphatic hydroxyl groups is 1. The summed E-state index contributed by atoms with van der Waals surface area (Å²) in [7, 11) is 0. The topological polar surface area (TPSA) is 108 Å². The van der Waals surface area contributed by atoms with Crippen LogP contribution in [0.15, 0.2) is 30.3 Å². The fraction of sp³-hybridized carbons (Fsp3) is 0.700. The Morgan fingerprint density at radius 3 is 2.37 bits per heavy atom. The standard InChI is InChI=1S/C30H45N3O5/c1-8-16-31-24(35)21-22-26(37)33(20(17-34)19-12-10-9-11-13-19)23(30(22)15-14-29(21,7)38-30)25(36)32-28(5,6)18-27(2,3)4/h9-13,20-23,34H,8,14-18H2,1-7H3,(H,31,35)(H,32,36)/t20-,21+,22+,23?,29-,30?/m1/s1. The van der Waals surface area contributed by atoms with Crippen LogP contribution in [0.4, 0.5) is 0 Å². The highest BCUT2D eigenvalue weighted by Crippen LogP contribution is 2.64. The van der Waals surface area contributed by atoms with Crippen LogP contribution in [-0.4, -0.2) is 63.7 Å². The predicted octanol–water partition coefficient (Wildman–Crippen LogP) is 3.34. The summed E-state index contributed by atoms with van der Waals surface area (Å²) in [6.45, 7) is 14.4. The molecule has 1 aromatic rings. The Hall–Kier alpha value is -2.45. The number of rotatable bonds is 9. The van der Waals surface area contributed by atoms with E-state index in [1.165, 1.54) is 4.90 Å². The molecule has 3 aliphatic heterocycles. The van der Waals surface area contributed by atoms with E-state index in [9.17, 15) is 19.5 Å². The van der Waals surface area contributed by atoms with Crippen molar-refractivity contribution in [1.82, 2.24) is 15.5 Å². The zero-order valence-corrected chi connectivity index (χ0v) is 24.0. The van der Waals surface area contributed by atoms with Crippen molar-refractivity contribution in [3.05, 3.63) is 35.9 Å². The number of carbonyl (C=O) groups is 3. The number of fused-ring (bicyclic) bond motifs is 1. The predicted molar refractivity (Wildman–Crippen MR) is 145 cm³/mol. The molecule has 3 heterocycles. The van der Waals surface area contributed by atoms with Crippen molar-refractivity contribution in [3.63, 3.8) is 0 Å². The SMILES string of the molecule is CCCNC(=O)[C@@H]1[C@H]2C(=O)N([C@H](CO)c3ccccc3)C(C(=O)NC(C)(C)CC(C)(C)C)C23CC[C@@]1(C)O3. The van der Waals surface area contributed by atoms with Crippen molar-refractivity contribution in [1.29, 1.82) is 0 Å². The molecule has 1 aromatic carbocycles. The first-order valence-corrected chi connectivity index (χ1v) is 14.0. The molecule has 3 saturated heterocycles. The molecule has 0 aliphatic carbocycles. The average molecular weight is 528 g/mol. The lowest BCUT2D eigenvalue weighted by molar-refractivity contribution is -0.150. The molecule has 8 nitrogen and oxygen atoms in total.